The molecular weight excluding hydrogens is 341 g/mol. The molecule has 23 heavy (non-hydrogen) atoms. The molecule has 0 spiro atoms. The number of nitrogens with two attached hydrogens (primary N) is 1. The predicted octanol–water partition coefficient (Wildman–Crippen LogP) is 1.03. The number of hydrogen-bond donors (Lipinski definition) is 3. The molecule has 0 aromatic carbocycles. The minimum atomic E-state index is -0.615. The Morgan fingerprint density at radius 3 is 2.30 bits per heavy atom. The highest BCUT2D eigenvalue weighted by Gasteiger charge is 2.17. The summed E-state index contributed by atoms with van der Waals surface area (Å²) in [5.74, 6) is -0.221. The van der Waals surface area contributed by atoms with Crippen LogP contribution in [0.4, 0.5) is 11.5 Å². The number of nitrogens with zero attached hydrogens (tertiary/aromatic N) is 2. The number of pyridine rings is 1. The fourth-order valence-electron chi connectivity index (χ4n) is 1.50. The fraction of sp³-hybridized carbons (Fsp3) is 0.500. The normalized spacial score (nSPS) is 10.9. The summed E-state index contributed by atoms with van der Waals surface area (Å²) in [6, 6.07) is 2.93. The van der Waals surface area contributed by atoms with Crippen molar-refractivity contribution in [1.82, 2.24) is 10.3 Å². The summed E-state index contributed by atoms with van der Waals surface area (Å²) in [6.07, 6.45) is 1.66. The van der Waals surface area contributed by atoms with E-state index in [0.29, 0.717) is 5.82 Å². The fourth-order valence-corrected chi connectivity index (χ4v) is 1.50. The van der Waals surface area contributed by atoms with Crippen molar-refractivity contribution in [2.75, 3.05) is 30.9 Å². The van der Waals surface area contributed by atoms with Gasteiger partial charge in [-0.25, -0.2) is 4.98 Å². The van der Waals surface area contributed by atoms with Crippen LogP contribution < -0.4 is 21.3 Å². The second-order valence-corrected chi connectivity index (χ2v) is 5.33. The molecule has 1 aromatic heterocycles. The van der Waals surface area contributed by atoms with Gasteiger partial charge in [0.2, 0.25) is 11.8 Å². The second kappa shape index (κ2) is 11.0. The van der Waals surface area contributed by atoms with Crippen molar-refractivity contribution < 1.29 is 9.59 Å². The molecule has 0 unspecified atom stereocenters. The molecule has 0 saturated heterocycles. The Hall–Kier alpha value is -1.57. The van der Waals surface area contributed by atoms with Gasteiger partial charge >= 0.3 is 0 Å². The molecule has 2 amide bonds. The van der Waals surface area contributed by atoms with Crippen LogP contribution in [0.3, 0.4) is 0 Å². The minimum Gasteiger partial charge on any atom is -0.376 e. The SMILES string of the molecule is CC(C)[C@H](N)C(=O)NCC(=O)Nc1ccc(N(C)C)cn1.Cl.Cl. The van der Waals surface area contributed by atoms with Crippen molar-refractivity contribution in [3.8, 4) is 0 Å². The Morgan fingerprint density at radius 1 is 1.26 bits per heavy atom. The molecule has 1 heterocycles. The molecule has 0 bridgehead atoms. The smallest absolute Gasteiger partial charge is 0.244 e. The molecule has 0 aliphatic rings. The van der Waals surface area contributed by atoms with Crippen molar-refractivity contribution in [2.45, 2.75) is 19.9 Å². The number of nitrogens with one attached hydrogen (secondary N) is 2. The van der Waals surface area contributed by atoms with Gasteiger partial charge < -0.3 is 21.3 Å². The quantitative estimate of drug-likeness (QED) is 0.698. The van der Waals surface area contributed by atoms with Crippen LogP contribution in [-0.2, 0) is 9.59 Å². The highest BCUT2D eigenvalue weighted by atomic mass is 35.5. The van der Waals surface area contributed by atoms with Gasteiger partial charge in [-0.2, -0.15) is 0 Å². The zero-order valence-electron chi connectivity index (χ0n) is 13.7. The van der Waals surface area contributed by atoms with Crippen LogP contribution in [0.5, 0.6) is 0 Å². The van der Waals surface area contributed by atoms with Gasteiger partial charge in [0.05, 0.1) is 24.5 Å². The van der Waals surface area contributed by atoms with Crippen LogP contribution in [0, 0.1) is 5.92 Å². The average Bonchev–Trinajstić information content (AvgIpc) is 2.44. The Kier molecular flexibility index (Phi) is 11.4. The predicted molar refractivity (Wildman–Crippen MR) is 97.5 cm³/mol. The van der Waals surface area contributed by atoms with E-state index in [1.165, 1.54) is 0 Å². The summed E-state index contributed by atoms with van der Waals surface area (Å²) in [5, 5.41) is 5.11. The van der Waals surface area contributed by atoms with Crippen molar-refractivity contribution in [3.63, 3.8) is 0 Å². The van der Waals surface area contributed by atoms with Gasteiger partial charge in [0.25, 0.3) is 0 Å². The molecular formula is C14H25Cl2N5O2. The van der Waals surface area contributed by atoms with Crippen molar-refractivity contribution in [3.05, 3.63) is 18.3 Å². The molecule has 0 saturated carbocycles. The van der Waals surface area contributed by atoms with Gasteiger partial charge in [0, 0.05) is 14.1 Å². The zero-order chi connectivity index (χ0) is 16.0. The number of carbonyl (C=O) groups is 2. The molecule has 4 N–H and O–H groups in total. The molecule has 1 rings (SSSR count). The number of amides is 2. The standard InChI is InChI=1S/C14H23N5O2.2ClH/c1-9(2)13(15)14(21)17-8-12(20)18-11-6-5-10(7-16-11)19(3)4;;/h5-7,9,13H,8,15H2,1-4H3,(H,17,21)(H,16,18,20);2*1H/t13-;;/m0../s1. The molecule has 1 aromatic rings. The maximum Gasteiger partial charge on any atom is 0.244 e. The van der Waals surface area contributed by atoms with E-state index < -0.39 is 6.04 Å². The van der Waals surface area contributed by atoms with E-state index in [1.54, 1.807) is 12.3 Å². The number of anilines is 2. The van der Waals surface area contributed by atoms with Gasteiger partial charge in [-0.05, 0) is 18.1 Å². The van der Waals surface area contributed by atoms with E-state index >= 15 is 0 Å². The first-order valence-corrected chi connectivity index (χ1v) is 6.77. The summed E-state index contributed by atoms with van der Waals surface area (Å²) in [5.41, 5.74) is 6.62. The third kappa shape index (κ3) is 8.01. The van der Waals surface area contributed by atoms with E-state index in [9.17, 15) is 9.59 Å². The molecule has 0 fully saturated rings. The second-order valence-electron chi connectivity index (χ2n) is 5.33. The third-order valence-corrected chi connectivity index (χ3v) is 2.98. The zero-order valence-corrected chi connectivity index (χ0v) is 15.3. The summed E-state index contributed by atoms with van der Waals surface area (Å²) >= 11 is 0. The van der Waals surface area contributed by atoms with Crippen LogP contribution in [-0.4, -0.2) is 43.5 Å². The minimum absolute atomic E-state index is 0. The number of hydrogen-bond acceptors (Lipinski definition) is 5. The van der Waals surface area contributed by atoms with Crippen molar-refractivity contribution >= 4 is 48.1 Å². The van der Waals surface area contributed by atoms with Gasteiger partial charge in [-0.1, -0.05) is 13.8 Å². The molecule has 0 aliphatic carbocycles. The highest BCUT2D eigenvalue weighted by molar-refractivity contribution is 5.94. The van der Waals surface area contributed by atoms with E-state index in [4.69, 9.17) is 5.73 Å². The van der Waals surface area contributed by atoms with Gasteiger partial charge in [0.15, 0.2) is 0 Å². The monoisotopic (exact) mass is 365 g/mol. The first kappa shape index (κ1) is 23.7. The maximum atomic E-state index is 11.7. The van der Waals surface area contributed by atoms with Crippen molar-refractivity contribution in [1.29, 1.82) is 0 Å². The molecule has 9 heteroatoms. The largest absolute Gasteiger partial charge is 0.376 e. The van der Waals surface area contributed by atoms with Crippen LogP contribution >= 0.6 is 24.8 Å². The molecule has 132 valence electrons. The number of rotatable bonds is 6. The van der Waals surface area contributed by atoms with Crippen LogP contribution in [0.1, 0.15) is 13.8 Å². The average molecular weight is 366 g/mol. The Labute approximate surface area is 149 Å². The lowest BCUT2D eigenvalue weighted by atomic mass is 10.1. The van der Waals surface area contributed by atoms with Gasteiger partial charge in [-0.15, -0.1) is 24.8 Å². The van der Waals surface area contributed by atoms with E-state index in [1.807, 2.05) is 38.9 Å². The molecule has 1 atom stereocenters. The third-order valence-electron chi connectivity index (χ3n) is 2.98. The molecule has 0 radical (unpaired) electrons. The highest BCUT2D eigenvalue weighted by Crippen LogP contribution is 2.11. The number of halogens is 2. The Bertz CT molecular complexity index is 494. The maximum absolute atomic E-state index is 11.7. The lowest BCUT2D eigenvalue weighted by Crippen LogP contribution is -2.46. The first-order valence-electron chi connectivity index (χ1n) is 6.77. The Balaban J connectivity index is 0. The summed E-state index contributed by atoms with van der Waals surface area (Å²) in [4.78, 5) is 29.4. The lowest BCUT2D eigenvalue weighted by molar-refractivity contribution is -0.125. The molecule has 0 aliphatic heterocycles. The summed E-state index contributed by atoms with van der Waals surface area (Å²) in [7, 11) is 3.81. The first-order chi connectivity index (χ1) is 9.81. The van der Waals surface area contributed by atoms with E-state index in [2.05, 4.69) is 15.6 Å². The summed E-state index contributed by atoms with van der Waals surface area (Å²) < 4.78 is 0. The Morgan fingerprint density at radius 2 is 1.87 bits per heavy atom. The van der Waals surface area contributed by atoms with Crippen molar-refractivity contribution in [2.24, 2.45) is 11.7 Å². The number of carbonyl (C=O) groups excluding carboxylic acids is 2. The van der Waals surface area contributed by atoms with E-state index in [0.717, 1.165) is 5.69 Å². The van der Waals surface area contributed by atoms with Crippen LogP contribution in [0.2, 0.25) is 0 Å². The van der Waals surface area contributed by atoms with E-state index in [-0.39, 0.29) is 49.1 Å². The number of aromatic nitrogens is 1. The van der Waals surface area contributed by atoms with Crippen LogP contribution in [0.15, 0.2) is 18.3 Å². The molecule has 7 nitrogen and oxygen atoms in total. The lowest BCUT2D eigenvalue weighted by Gasteiger charge is -2.15. The summed E-state index contributed by atoms with van der Waals surface area (Å²) in [6.45, 7) is 3.57. The van der Waals surface area contributed by atoms with Gasteiger partial charge in [-0.3, -0.25) is 9.59 Å². The van der Waals surface area contributed by atoms with Crippen LogP contribution in [0.25, 0.3) is 0 Å². The topological polar surface area (TPSA) is 100 Å². The van der Waals surface area contributed by atoms with Gasteiger partial charge in [0.1, 0.15) is 5.82 Å².